The average molecular weight is 261 g/mol. The van der Waals surface area contributed by atoms with Crippen LogP contribution in [0.4, 0.5) is 14.5 Å². The molecule has 0 saturated carbocycles. The van der Waals surface area contributed by atoms with Crippen LogP contribution in [0.2, 0.25) is 0 Å². The summed E-state index contributed by atoms with van der Waals surface area (Å²) in [6, 6.07) is 9.17. The monoisotopic (exact) mass is 261 g/mol. The van der Waals surface area contributed by atoms with Crippen molar-refractivity contribution in [2.24, 2.45) is 0 Å². The van der Waals surface area contributed by atoms with Crippen LogP contribution in [0.25, 0.3) is 0 Å². The minimum atomic E-state index is -0.664. The number of nitrogens with one attached hydrogen (secondary N) is 1. The predicted molar refractivity (Wildman–Crippen MR) is 69.1 cm³/mol. The van der Waals surface area contributed by atoms with E-state index < -0.39 is 5.82 Å². The number of phenols is 1. The molecule has 0 heterocycles. The summed E-state index contributed by atoms with van der Waals surface area (Å²) in [4.78, 5) is 0. The van der Waals surface area contributed by atoms with Crippen molar-refractivity contribution >= 4 is 5.69 Å². The topological polar surface area (TPSA) is 32.3 Å². The van der Waals surface area contributed by atoms with E-state index in [1.54, 1.807) is 12.1 Å². The number of anilines is 1. The zero-order valence-corrected chi connectivity index (χ0v) is 10.2. The first-order valence-corrected chi connectivity index (χ1v) is 6.17. The van der Waals surface area contributed by atoms with Gasteiger partial charge in [-0.3, -0.25) is 0 Å². The van der Waals surface area contributed by atoms with E-state index in [1.807, 2.05) is 6.07 Å². The first-order chi connectivity index (χ1) is 9.15. The third-order valence-electron chi connectivity index (χ3n) is 3.50. The van der Waals surface area contributed by atoms with Crippen LogP contribution in [0.5, 0.6) is 5.75 Å². The summed E-state index contributed by atoms with van der Waals surface area (Å²) in [7, 11) is 0. The lowest BCUT2D eigenvalue weighted by Crippen LogP contribution is -2.07. The van der Waals surface area contributed by atoms with Crippen molar-refractivity contribution in [3.8, 4) is 5.75 Å². The van der Waals surface area contributed by atoms with Crippen molar-refractivity contribution in [3.63, 3.8) is 0 Å². The summed E-state index contributed by atoms with van der Waals surface area (Å²) in [6.07, 6.45) is 1.46. The highest BCUT2D eigenvalue weighted by Crippen LogP contribution is 2.35. The number of aromatic hydroxyl groups is 1. The lowest BCUT2D eigenvalue weighted by Gasteiger charge is -2.15. The molecule has 0 fully saturated rings. The fourth-order valence-corrected chi connectivity index (χ4v) is 2.56. The second kappa shape index (κ2) is 4.53. The Bertz CT molecular complexity index is 628. The summed E-state index contributed by atoms with van der Waals surface area (Å²) in [6.45, 7) is 0. The summed E-state index contributed by atoms with van der Waals surface area (Å²) >= 11 is 0. The van der Waals surface area contributed by atoms with Crippen LogP contribution in [0.15, 0.2) is 36.4 Å². The molecule has 0 radical (unpaired) electrons. The molecule has 19 heavy (non-hydrogen) atoms. The second-order valence-electron chi connectivity index (χ2n) is 4.71. The number of hydrogen-bond acceptors (Lipinski definition) is 2. The van der Waals surface area contributed by atoms with E-state index in [2.05, 4.69) is 5.32 Å². The Morgan fingerprint density at radius 3 is 2.74 bits per heavy atom. The minimum absolute atomic E-state index is 0.0188. The Morgan fingerprint density at radius 2 is 1.95 bits per heavy atom. The van der Waals surface area contributed by atoms with Crippen LogP contribution in [0.1, 0.15) is 23.6 Å². The third kappa shape index (κ3) is 2.14. The Balaban J connectivity index is 1.86. The number of rotatable bonds is 2. The Hall–Kier alpha value is -2.10. The molecule has 2 aromatic rings. The van der Waals surface area contributed by atoms with E-state index in [-0.39, 0.29) is 17.6 Å². The molecular formula is C15H13F2NO. The molecule has 4 heteroatoms. The van der Waals surface area contributed by atoms with Crippen molar-refractivity contribution < 1.29 is 13.9 Å². The molecule has 98 valence electrons. The average Bonchev–Trinajstić information content (AvgIpc) is 2.79. The number of benzene rings is 2. The van der Waals surface area contributed by atoms with E-state index in [9.17, 15) is 8.78 Å². The maximum Gasteiger partial charge on any atom is 0.166 e. The van der Waals surface area contributed by atoms with Gasteiger partial charge in [0.2, 0.25) is 0 Å². The van der Waals surface area contributed by atoms with Crippen LogP contribution < -0.4 is 5.32 Å². The molecule has 0 amide bonds. The van der Waals surface area contributed by atoms with Gasteiger partial charge in [-0.05, 0) is 42.2 Å². The fraction of sp³-hybridized carbons (Fsp3) is 0.200. The van der Waals surface area contributed by atoms with Crippen LogP contribution in [-0.4, -0.2) is 5.11 Å². The van der Waals surface area contributed by atoms with Crippen molar-refractivity contribution in [2.75, 3.05) is 5.32 Å². The van der Waals surface area contributed by atoms with Gasteiger partial charge < -0.3 is 10.4 Å². The fourth-order valence-electron chi connectivity index (χ4n) is 2.56. The largest absolute Gasteiger partial charge is 0.505 e. The van der Waals surface area contributed by atoms with Gasteiger partial charge in [0.1, 0.15) is 5.82 Å². The van der Waals surface area contributed by atoms with E-state index in [0.29, 0.717) is 12.1 Å². The van der Waals surface area contributed by atoms with Gasteiger partial charge in [0.05, 0.1) is 6.04 Å². The highest BCUT2D eigenvalue weighted by Gasteiger charge is 2.24. The highest BCUT2D eigenvalue weighted by molar-refractivity contribution is 5.50. The number of halogens is 2. The molecular weight excluding hydrogens is 248 g/mol. The Labute approximate surface area is 109 Å². The molecule has 0 aromatic heterocycles. The van der Waals surface area contributed by atoms with E-state index >= 15 is 0 Å². The maximum absolute atomic E-state index is 13.6. The van der Waals surface area contributed by atoms with E-state index in [4.69, 9.17) is 5.11 Å². The number of fused-ring (bicyclic) bond motifs is 1. The highest BCUT2D eigenvalue weighted by atomic mass is 19.1. The summed E-state index contributed by atoms with van der Waals surface area (Å²) < 4.78 is 26.9. The molecule has 0 bridgehead atoms. The van der Waals surface area contributed by atoms with Gasteiger partial charge in [0.15, 0.2) is 11.6 Å². The lowest BCUT2D eigenvalue weighted by molar-refractivity contribution is 0.432. The number of phenolic OH excluding ortho intramolecular Hbond substituents is 1. The van der Waals surface area contributed by atoms with Crippen molar-refractivity contribution in [1.29, 1.82) is 0 Å². The molecule has 1 aliphatic rings. The van der Waals surface area contributed by atoms with Gasteiger partial charge in [0, 0.05) is 11.8 Å². The zero-order valence-electron chi connectivity index (χ0n) is 10.2. The zero-order chi connectivity index (χ0) is 13.4. The molecule has 3 rings (SSSR count). The van der Waals surface area contributed by atoms with Crippen molar-refractivity contribution in [2.45, 2.75) is 18.9 Å². The van der Waals surface area contributed by atoms with Gasteiger partial charge >= 0.3 is 0 Å². The summed E-state index contributed by atoms with van der Waals surface area (Å²) in [5.74, 6) is -1.22. The molecule has 1 atom stereocenters. The van der Waals surface area contributed by atoms with Crippen LogP contribution in [-0.2, 0) is 6.42 Å². The van der Waals surface area contributed by atoms with Crippen LogP contribution in [0.3, 0.4) is 0 Å². The lowest BCUT2D eigenvalue weighted by atomic mass is 10.1. The quantitative estimate of drug-likeness (QED) is 0.806. The second-order valence-corrected chi connectivity index (χ2v) is 4.71. The molecule has 0 spiro atoms. The standard InChI is InChI=1S/C15H13F2NO/c16-12-3-1-2-11-10(12)5-6-14(11)18-9-4-7-15(19)13(17)8-9/h1-4,7-8,14,18-19H,5-6H2. The molecule has 2 nitrogen and oxygen atoms in total. The van der Waals surface area contributed by atoms with Gasteiger partial charge in [-0.15, -0.1) is 0 Å². The van der Waals surface area contributed by atoms with Gasteiger partial charge in [-0.25, -0.2) is 8.78 Å². The maximum atomic E-state index is 13.6. The molecule has 1 aliphatic carbocycles. The molecule has 0 saturated heterocycles. The van der Waals surface area contributed by atoms with E-state index in [1.165, 1.54) is 18.2 Å². The van der Waals surface area contributed by atoms with Gasteiger partial charge in [-0.1, -0.05) is 12.1 Å². The Kier molecular flexibility index (Phi) is 2.85. The van der Waals surface area contributed by atoms with Crippen LogP contribution in [0, 0.1) is 11.6 Å². The summed E-state index contributed by atoms with van der Waals surface area (Å²) in [5.41, 5.74) is 2.24. The predicted octanol–water partition coefficient (Wildman–Crippen LogP) is 3.77. The van der Waals surface area contributed by atoms with Gasteiger partial charge in [0.25, 0.3) is 0 Å². The molecule has 2 aromatic carbocycles. The van der Waals surface area contributed by atoms with Crippen LogP contribution >= 0.6 is 0 Å². The Morgan fingerprint density at radius 1 is 1.11 bits per heavy atom. The van der Waals surface area contributed by atoms with Crippen molar-refractivity contribution in [1.82, 2.24) is 0 Å². The normalized spacial score (nSPS) is 17.3. The minimum Gasteiger partial charge on any atom is -0.505 e. The molecule has 1 unspecified atom stereocenters. The first kappa shape index (κ1) is 12.0. The smallest absolute Gasteiger partial charge is 0.166 e. The number of hydrogen-bond donors (Lipinski definition) is 2. The third-order valence-corrected chi connectivity index (χ3v) is 3.50. The molecule has 2 N–H and O–H groups in total. The first-order valence-electron chi connectivity index (χ1n) is 6.17. The SMILES string of the molecule is Oc1ccc(NC2CCc3c(F)cccc32)cc1F. The van der Waals surface area contributed by atoms with E-state index in [0.717, 1.165) is 17.5 Å². The summed E-state index contributed by atoms with van der Waals surface area (Å²) in [5, 5.41) is 12.3. The van der Waals surface area contributed by atoms with Crippen molar-refractivity contribution in [3.05, 3.63) is 59.2 Å². The van der Waals surface area contributed by atoms with Gasteiger partial charge in [-0.2, -0.15) is 0 Å². The molecule has 0 aliphatic heterocycles.